The van der Waals surface area contributed by atoms with Crippen molar-refractivity contribution in [1.29, 1.82) is 0 Å². The third-order valence-corrected chi connectivity index (χ3v) is 6.62. The average molecular weight is 481 g/mol. The monoisotopic (exact) mass is 480 g/mol. The van der Waals surface area contributed by atoms with Crippen LogP contribution < -0.4 is 9.47 Å². The Hall–Kier alpha value is -4.09. The van der Waals surface area contributed by atoms with Crippen molar-refractivity contribution in [2.24, 2.45) is 0 Å². The third kappa shape index (κ3) is 4.23. The van der Waals surface area contributed by atoms with Crippen LogP contribution in [0.1, 0.15) is 22.3 Å². The molecule has 36 heavy (non-hydrogen) atoms. The van der Waals surface area contributed by atoms with Crippen LogP contribution in [0.2, 0.25) is 0 Å². The summed E-state index contributed by atoms with van der Waals surface area (Å²) >= 11 is 0. The molecule has 4 aromatic rings. The van der Waals surface area contributed by atoms with Crippen LogP contribution in [0.5, 0.6) is 11.5 Å². The van der Waals surface area contributed by atoms with Gasteiger partial charge in [-0.05, 0) is 57.6 Å². The lowest BCUT2D eigenvalue weighted by Gasteiger charge is -2.34. The minimum atomic E-state index is -0.489. The van der Waals surface area contributed by atoms with Crippen molar-refractivity contribution in [3.8, 4) is 22.6 Å². The SMILES string of the molecule is COCCOc1ccc(C2(c3ccc(OCCOC=O)cc3)c3ccccc3-c3ccccc32)cc1. The maximum Gasteiger partial charge on any atom is 0.293 e. The van der Waals surface area contributed by atoms with E-state index in [1.807, 2.05) is 24.3 Å². The zero-order valence-corrected chi connectivity index (χ0v) is 20.2. The van der Waals surface area contributed by atoms with Crippen molar-refractivity contribution in [2.45, 2.75) is 5.41 Å². The lowest BCUT2D eigenvalue weighted by molar-refractivity contribution is -0.129. The summed E-state index contributed by atoms with van der Waals surface area (Å²) in [6.45, 7) is 2.00. The molecule has 0 saturated heterocycles. The van der Waals surface area contributed by atoms with E-state index in [0.29, 0.717) is 26.3 Å². The second kappa shape index (κ2) is 10.7. The standard InChI is InChI=1S/C31H28O5/c1-33-18-20-35-25-14-10-23(11-15-25)31(24-12-16-26(17-13-24)36-21-19-34-22-32)29-8-4-2-6-27(29)28-7-3-5-9-30(28)31/h2-17,22H,18-21H2,1H3. The number of carbonyl (C=O) groups is 1. The highest BCUT2D eigenvalue weighted by Crippen LogP contribution is 2.56. The number of ether oxygens (including phenoxy) is 4. The van der Waals surface area contributed by atoms with Crippen molar-refractivity contribution in [1.82, 2.24) is 0 Å². The summed E-state index contributed by atoms with van der Waals surface area (Å²) in [5, 5.41) is 0. The van der Waals surface area contributed by atoms with Gasteiger partial charge < -0.3 is 18.9 Å². The first-order chi connectivity index (χ1) is 17.8. The van der Waals surface area contributed by atoms with Gasteiger partial charge in [0.05, 0.1) is 12.0 Å². The fourth-order valence-electron chi connectivity index (χ4n) is 5.12. The molecule has 0 atom stereocenters. The molecule has 0 saturated carbocycles. The second-order valence-electron chi connectivity index (χ2n) is 8.55. The van der Waals surface area contributed by atoms with Crippen molar-refractivity contribution in [3.05, 3.63) is 119 Å². The molecule has 1 aliphatic carbocycles. The molecule has 0 unspecified atom stereocenters. The number of carbonyl (C=O) groups excluding carboxylic acids is 1. The van der Waals surface area contributed by atoms with Crippen LogP contribution in [0, 0.1) is 0 Å². The molecule has 0 N–H and O–H groups in total. The molecule has 5 rings (SSSR count). The molecule has 0 spiro atoms. The van der Waals surface area contributed by atoms with Crippen LogP contribution >= 0.6 is 0 Å². The Morgan fingerprint density at radius 3 is 1.56 bits per heavy atom. The summed E-state index contributed by atoms with van der Waals surface area (Å²) in [5.74, 6) is 1.54. The van der Waals surface area contributed by atoms with Crippen molar-refractivity contribution < 1.29 is 23.7 Å². The molecule has 0 aliphatic heterocycles. The first-order valence-corrected chi connectivity index (χ1v) is 12.0. The zero-order chi connectivity index (χ0) is 24.8. The molecule has 5 nitrogen and oxygen atoms in total. The van der Waals surface area contributed by atoms with E-state index in [1.54, 1.807) is 7.11 Å². The number of methoxy groups -OCH3 is 1. The number of rotatable bonds is 11. The van der Waals surface area contributed by atoms with Crippen LogP contribution in [-0.2, 0) is 19.7 Å². The molecule has 0 heterocycles. The van der Waals surface area contributed by atoms with E-state index in [-0.39, 0.29) is 6.61 Å². The van der Waals surface area contributed by atoms with Gasteiger partial charge in [-0.25, -0.2) is 0 Å². The highest BCUT2D eigenvalue weighted by Gasteiger charge is 2.45. The first kappa shape index (κ1) is 23.6. The number of hydrogen-bond acceptors (Lipinski definition) is 5. The van der Waals surface area contributed by atoms with E-state index in [0.717, 1.165) is 22.6 Å². The molecule has 1 aliphatic rings. The Kier molecular flexibility index (Phi) is 7.01. The van der Waals surface area contributed by atoms with Crippen LogP contribution in [0.4, 0.5) is 0 Å². The number of hydrogen-bond donors (Lipinski definition) is 0. The van der Waals surface area contributed by atoms with Crippen LogP contribution in [0.15, 0.2) is 97.1 Å². The molecule has 0 aromatic heterocycles. The van der Waals surface area contributed by atoms with Crippen LogP contribution in [0.3, 0.4) is 0 Å². The van der Waals surface area contributed by atoms with Gasteiger partial charge in [0, 0.05) is 7.11 Å². The summed E-state index contributed by atoms with van der Waals surface area (Å²) in [6.07, 6.45) is 0. The maximum absolute atomic E-state index is 10.4. The van der Waals surface area contributed by atoms with E-state index in [9.17, 15) is 4.79 Å². The van der Waals surface area contributed by atoms with Gasteiger partial charge in [-0.2, -0.15) is 0 Å². The van der Waals surface area contributed by atoms with Gasteiger partial charge in [-0.1, -0.05) is 72.8 Å². The van der Waals surface area contributed by atoms with E-state index in [2.05, 4.69) is 72.8 Å². The lowest BCUT2D eigenvalue weighted by Crippen LogP contribution is -2.28. The molecular weight excluding hydrogens is 452 g/mol. The Balaban J connectivity index is 1.61. The van der Waals surface area contributed by atoms with Crippen molar-refractivity contribution >= 4 is 6.47 Å². The molecule has 0 radical (unpaired) electrons. The minimum Gasteiger partial charge on any atom is -0.491 e. The lowest BCUT2D eigenvalue weighted by atomic mass is 9.68. The summed E-state index contributed by atoms with van der Waals surface area (Å²) in [7, 11) is 1.67. The van der Waals surface area contributed by atoms with Gasteiger partial charge in [-0.3, -0.25) is 4.79 Å². The predicted octanol–water partition coefficient (Wildman–Crippen LogP) is 5.63. The van der Waals surface area contributed by atoms with Gasteiger partial charge in [0.15, 0.2) is 0 Å². The van der Waals surface area contributed by atoms with E-state index in [1.165, 1.54) is 22.3 Å². The Morgan fingerprint density at radius 2 is 1.08 bits per heavy atom. The van der Waals surface area contributed by atoms with Crippen molar-refractivity contribution in [3.63, 3.8) is 0 Å². The van der Waals surface area contributed by atoms with E-state index >= 15 is 0 Å². The van der Waals surface area contributed by atoms with Crippen molar-refractivity contribution in [2.75, 3.05) is 33.5 Å². The summed E-state index contributed by atoms with van der Waals surface area (Å²) in [6, 6.07) is 33.8. The van der Waals surface area contributed by atoms with E-state index < -0.39 is 5.41 Å². The summed E-state index contributed by atoms with van der Waals surface area (Å²) < 4.78 is 21.4. The number of benzene rings is 4. The highest BCUT2D eigenvalue weighted by atomic mass is 16.5. The van der Waals surface area contributed by atoms with Gasteiger partial charge in [0.1, 0.15) is 31.3 Å². The highest BCUT2D eigenvalue weighted by molar-refractivity contribution is 5.86. The van der Waals surface area contributed by atoms with Crippen LogP contribution in [0.25, 0.3) is 11.1 Å². The molecule has 0 amide bonds. The fourth-order valence-corrected chi connectivity index (χ4v) is 5.12. The zero-order valence-electron chi connectivity index (χ0n) is 20.2. The topological polar surface area (TPSA) is 54.0 Å². The van der Waals surface area contributed by atoms with Crippen LogP contribution in [-0.4, -0.2) is 40.0 Å². The Labute approximate surface area is 211 Å². The number of fused-ring (bicyclic) bond motifs is 3. The second-order valence-corrected chi connectivity index (χ2v) is 8.55. The fraction of sp³-hybridized carbons (Fsp3) is 0.194. The molecular formula is C31H28O5. The largest absolute Gasteiger partial charge is 0.491 e. The maximum atomic E-state index is 10.4. The summed E-state index contributed by atoms with van der Waals surface area (Å²) in [4.78, 5) is 10.4. The van der Waals surface area contributed by atoms with Gasteiger partial charge in [-0.15, -0.1) is 0 Å². The van der Waals surface area contributed by atoms with Gasteiger partial charge in [0.2, 0.25) is 0 Å². The minimum absolute atomic E-state index is 0.217. The normalized spacial score (nSPS) is 12.9. The third-order valence-electron chi connectivity index (χ3n) is 6.62. The average Bonchev–Trinajstić information content (AvgIpc) is 3.23. The summed E-state index contributed by atoms with van der Waals surface area (Å²) in [5.41, 5.74) is 6.77. The molecule has 0 bridgehead atoms. The molecule has 0 fully saturated rings. The van der Waals surface area contributed by atoms with Gasteiger partial charge in [0.25, 0.3) is 6.47 Å². The van der Waals surface area contributed by atoms with E-state index in [4.69, 9.17) is 18.9 Å². The molecule has 4 aromatic carbocycles. The predicted molar refractivity (Wildman–Crippen MR) is 139 cm³/mol. The van der Waals surface area contributed by atoms with Gasteiger partial charge >= 0.3 is 0 Å². The molecule has 182 valence electrons. The quantitative estimate of drug-likeness (QED) is 0.181. The molecule has 5 heteroatoms. The smallest absolute Gasteiger partial charge is 0.293 e. The Morgan fingerprint density at radius 1 is 0.611 bits per heavy atom. The Bertz CT molecular complexity index is 1270. The first-order valence-electron chi connectivity index (χ1n) is 12.0.